The molecular formula is C19H20ClN5O3S. The number of aryl methyl sites for hydroxylation is 2. The Morgan fingerprint density at radius 1 is 1.14 bits per heavy atom. The zero-order valence-electron chi connectivity index (χ0n) is 16.4. The Hall–Kier alpha value is -2.78. The van der Waals surface area contributed by atoms with Gasteiger partial charge in [0, 0.05) is 17.8 Å². The van der Waals surface area contributed by atoms with E-state index in [1.165, 1.54) is 26.0 Å². The molecule has 3 rings (SSSR count). The van der Waals surface area contributed by atoms with Crippen LogP contribution in [0.1, 0.15) is 11.4 Å². The maximum atomic E-state index is 12.4. The molecule has 2 aromatic heterocycles. The summed E-state index contributed by atoms with van der Waals surface area (Å²) in [6.07, 6.45) is 0. The zero-order valence-corrected chi connectivity index (χ0v) is 18.0. The van der Waals surface area contributed by atoms with Crippen molar-refractivity contribution in [1.82, 2.24) is 20.0 Å². The van der Waals surface area contributed by atoms with Gasteiger partial charge in [-0.05, 0) is 32.0 Å². The van der Waals surface area contributed by atoms with E-state index in [1.54, 1.807) is 16.8 Å². The first-order chi connectivity index (χ1) is 13.9. The fraction of sp³-hybridized carbons (Fsp3) is 0.263. The summed E-state index contributed by atoms with van der Waals surface area (Å²) in [5.41, 5.74) is 2.36. The predicted molar refractivity (Wildman–Crippen MR) is 113 cm³/mol. The number of aromatic nitrogens is 4. The first-order valence-electron chi connectivity index (χ1n) is 8.62. The van der Waals surface area contributed by atoms with Crippen LogP contribution >= 0.6 is 23.4 Å². The van der Waals surface area contributed by atoms with Gasteiger partial charge in [-0.2, -0.15) is 5.10 Å². The summed E-state index contributed by atoms with van der Waals surface area (Å²) in [7, 11) is 3.01. The fourth-order valence-corrected chi connectivity index (χ4v) is 3.49. The molecule has 0 aliphatic carbocycles. The normalized spacial score (nSPS) is 10.7. The van der Waals surface area contributed by atoms with Gasteiger partial charge in [0.15, 0.2) is 5.82 Å². The summed E-state index contributed by atoms with van der Waals surface area (Å²) in [6, 6.07) is 8.80. The zero-order chi connectivity index (χ0) is 21.0. The van der Waals surface area contributed by atoms with E-state index in [0.29, 0.717) is 33.1 Å². The lowest BCUT2D eigenvalue weighted by Gasteiger charge is -2.13. The van der Waals surface area contributed by atoms with Gasteiger partial charge in [-0.3, -0.25) is 4.79 Å². The highest BCUT2D eigenvalue weighted by atomic mass is 35.5. The third-order valence-electron chi connectivity index (χ3n) is 3.95. The van der Waals surface area contributed by atoms with Crippen molar-refractivity contribution in [3.63, 3.8) is 0 Å². The lowest BCUT2D eigenvalue weighted by Crippen LogP contribution is -2.15. The van der Waals surface area contributed by atoms with Gasteiger partial charge in [0.05, 0.1) is 36.4 Å². The second-order valence-corrected chi connectivity index (χ2v) is 7.50. The molecular weight excluding hydrogens is 414 g/mol. The van der Waals surface area contributed by atoms with Crippen molar-refractivity contribution >= 4 is 35.0 Å². The van der Waals surface area contributed by atoms with Crippen LogP contribution in [0.4, 0.5) is 5.69 Å². The highest BCUT2D eigenvalue weighted by Gasteiger charge is 2.13. The van der Waals surface area contributed by atoms with Crippen LogP contribution in [0, 0.1) is 13.8 Å². The second kappa shape index (κ2) is 9.15. The molecule has 2 heterocycles. The third kappa shape index (κ3) is 4.99. The van der Waals surface area contributed by atoms with Gasteiger partial charge in [0.2, 0.25) is 5.91 Å². The molecule has 1 aromatic carbocycles. The molecule has 1 N–H and O–H groups in total. The van der Waals surface area contributed by atoms with E-state index in [2.05, 4.69) is 20.6 Å². The van der Waals surface area contributed by atoms with Gasteiger partial charge < -0.3 is 14.8 Å². The minimum absolute atomic E-state index is 0.155. The number of methoxy groups -OCH3 is 2. The second-order valence-electron chi connectivity index (χ2n) is 6.09. The van der Waals surface area contributed by atoms with E-state index in [1.807, 2.05) is 32.0 Å². The van der Waals surface area contributed by atoms with Gasteiger partial charge >= 0.3 is 0 Å². The van der Waals surface area contributed by atoms with E-state index in [4.69, 9.17) is 21.1 Å². The minimum atomic E-state index is -0.220. The first-order valence-corrected chi connectivity index (χ1v) is 9.99. The molecule has 0 aliphatic rings. The molecule has 0 bridgehead atoms. The molecule has 8 nitrogen and oxygen atoms in total. The van der Waals surface area contributed by atoms with Crippen molar-refractivity contribution in [2.24, 2.45) is 0 Å². The average molecular weight is 434 g/mol. The van der Waals surface area contributed by atoms with Crippen molar-refractivity contribution in [2.75, 3.05) is 25.3 Å². The number of nitrogens with one attached hydrogen (secondary N) is 1. The lowest BCUT2D eigenvalue weighted by atomic mass is 10.2. The number of thioether (sulfide) groups is 1. The van der Waals surface area contributed by atoms with Crippen LogP contribution in [0.2, 0.25) is 5.02 Å². The topological polar surface area (TPSA) is 91.2 Å². The molecule has 0 saturated carbocycles. The van der Waals surface area contributed by atoms with Crippen LogP contribution in [0.5, 0.6) is 11.5 Å². The molecule has 0 saturated heterocycles. The monoisotopic (exact) mass is 433 g/mol. The molecule has 152 valence electrons. The Morgan fingerprint density at radius 3 is 2.48 bits per heavy atom. The molecule has 3 aromatic rings. The molecule has 0 atom stereocenters. The van der Waals surface area contributed by atoms with Gasteiger partial charge in [0.25, 0.3) is 0 Å². The molecule has 10 heteroatoms. The van der Waals surface area contributed by atoms with Gasteiger partial charge in [-0.25, -0.2) is 4.68 Å². The summed E-state index contributed by atoms with van der Waals surface area (Å²) in [5.74, 6) is 1.45. The van der Waals surface area contributed by atoms with E-state index >= 15 is 0 Å². The molecule has 0 unspecified atom stereocenters. The summed E-state index contributed by atoms with van der Waals surface area (Å²) >= 11 is 7.36. The number of amides is 1. The quantitative estimate of drug-likeness (QED) is 0.568. The predicted octanol–water partition coefficient (Wildman–Crippen LogP) is 3.68. The van der Waals surface area contributed by atoms with Crippen molar-refractivity contribution in [3.05, 3.63) is 46.7 Å². The van der Waals surface area contributed by atoms with Crippen molar-refractivity contribution < 1.29 is 14.3 Å². The number of benzene rings is 1. The molecule has 0 radical (unpaired) electrons. The molecule has 29 heavy (non-hydrogen) atoms. The fourth-order valence-electron chi connectivity index (χ4n) is 2.65. The van der Waals surface area contributed by atoms with E-state index < -0.39 is 0 Å². The Labute approximate surface area is 177 Å². The number of carbonyl (C=O) groups excluding carboxylic acids is 1. The number of halogens is 1. The van der Waals surface area contributed by atoms with E-state index in [9.17, 15) is 4.79 Å². The van der Waals surface area contributed by atoms with Crippen molar-refractivity contribution in [3.8, 4) is 17.3 Å². The number of rotatable bonds is 7. The van der Waals surface area contributed by atoms with Crippen molar-refractivity contribution in [2.45, 2.75) is 18.9 Å². The average Bonchev–Trinajstić information content (AvgIpc) is 3.05. The molecule has 1 amide bonds. The Kier molecular flexibility index (Phi) is 6.60. The summed E-state index contributed by atoms with van der Waals surface area (Å²) in [6.45, 7) is 3.87. The van der Waals surface area contributed by atoms with Crippen molar-refractivity contribution in [1.29, 1.82) is 0 Å². The van der Waals surface area contributed by atoms with E-state index in [-0.39, 0.29) is 11.7 Å². The Balaban J connectivity index is 1.63. The Bertz CT molecular complexity index is 1020. The number of anilines is 1. The summed E-state index contributed by atoms with van der Waals surface area (Å²) in [4.78, 5) is 12.4. The standard InChI is InChI=1S/C19H20ClN5O3S/c1-11-7-12(2)25(24-11)17-5-6-19(23-22-17)29-10-18(26)21-14-9-15(27-3)13(20)8-16(14)28-4/h5-9H,10H2,1-4H3,(H,21,26). The van der Waals surface area contributed by atoms with Gasteiger partial charge in [0.1, 0.15) is 16.5 Å². The summed E-state index contributed by atoms with van der Waals surface area (Å²) < 4.78 is 12.2. The van der Waals surface area contributed by atoms with Crippen LogP contribution < -0.4 is 14.8 Å². The molecule has 0 fully saturated rings. The van der Waals surface area contributed by atoms with Crippen LogP contribution in [0.3, 0.4) is 0 Å². The summed E-state index contributed by atoms with van der Waals surface area (Å²) in [5, 5.41) is 16.6. The Morgan fingerprint density at radius 2 is 1.90 bits per heavy atom. The number of hydrogen-bond donors (Lipinski definition) is 1. The number of nitrogens with zero attached hydrogens (tertiary/aromatic N) is 4. The molecule has 0 aliphatic heterocycles. The number of carbonyl (C=O) groups is 1. The maximum absolute atomic E-state index is 12.4. The maximum Gasteiger partial charge on any atom is 0.234 e. The molecule has 0 spiro atoms. The van der Waals surface area contributed by atoms with Gasteiger partial charge in [-0.1, -0.05) is 23.4 Å². The smallest absolute Gasteiger partial charge is 0.234 e. The number of hydrogen-bond acceptors (Lipinski definition) is 7. The first kappa shape index (κ1) is 20.9. The largest absolute Gasteiger partial charge is 0.495 e. The SMILES string of the molecule is COc1cc(NC(=O)CSc2ccc(-n3nc(C)cc3C)nn2)c(OC)cc1Cl. The van der Waals surface area contributed by atoms with Crippen LogP contribution in [-0.4, -0.2) is 45.9 Å². The van der Waals surface area contributed by atoms with E-state index in [0.717, 1.165) is 11.4 Å². The highest BCUT2D eigenvalue weighted by Crippen LogP contribution is 2.36. The van der Waals surface area contributed by atoms with Crippen LogP contribution in [0.15, 0.2) is 35.4 Å². The third-order valence-corrected chi connectivity index (χ3v) is 5.17. The van der Waals surface area contributed by atoms with Gasteiger partial charge in [-0.15, -0.1) is 10.2 Å². The lowest BCUT2D eigenvalue weighted by molar-refractivity contribution is -0.113. The minimum Gasteiger partial charge on any atom is -0.495 e. The van der Waals surface area contributed by atoms with Crippen LogP contribution in [0.25, 0.3) is 5.82 Å². The van der Waals surface area contributed by atoms with Crippen LogP contribution in [-0.2, 0) is 4.79 Å². The highest BCUT2D eigenvalue weighted by molar-refractivity contribution is 7.99. The number of ether oxygens (including phenoxy) is 2.